The summed E-state index contributed by atoms with van der Waals surface area (Å²) in [5, 5.41) is 5.98. The van der Waals surface area contributed by atoms with Crippen LogP contribution >= 0.6 is 11.9 Å². The lowest BCUT2D eigenvalue weighted by atomic mass is 9.71. The summed E-state index contributed by atoms with van der Waals surface area (Å²) in [6.07, 6.45) is 2.10. The van der Waals surface area contributed by atoms with Gasteiger partial charge in [0.25, 0.3) is 7.41 Å². The van der Waals surface area contributed by atoms with Gasteiger partial charge in [-0.15, -0.1) is 0 Å². The molecular weight excluding hydrogens is 313 g/mol. The summed E-state index contributed by atoms with van der Waals surface area (Å²) in [5.74, 6) is -0.00251. The fourth-order valence-corrected chi connectivity index (χ4v) is 3.40. The molecule has 1 radical (unpaired) electrons. The molecule has 8 heteroatoms. The van der Waals surface area contributed by atoms with Gasteiger partial charge in [0.15, 0.2) is 0 Å². The molecular formula is C15H27BN3O3S. The number of hydrogen-bond donors (Lipinski definition) is 2. The molecule has 1 fully saturated rings. The number of nitrogens with one attached hydrogen (secondary N) is 2. The Morgan fingerprint density at radius 1 is 1.39 bits per heavy atom. The summed E-state index contributed by atoms with van der Waals surface area (Å²) in [4.78, 5) is 35.6. The molecule has 1 aliphatic rings. The monoisotopic (exact) mass is 340 g/mol. The zero-order valence-corrected chi connectivity index (χ0v) is 15.5. The molecule has 1 rings (SSSR count). The highest BCUT2D eigenvalue weighted by atomic mass is 32.2. The van der Waals surface area contributed by atoms with Crippen molar-refractivity contribution >= 4 is 37.1 Å². The third-order valence-electron chi connectivity index (χ3n) is 4.79. The number of ketones is 1. The van der Waals surface area contributed by atoms with Gasteiger partial charge in [-0.25, -0.2) is 4.31 Å². The molecule has 0 aliphatic carbocycles. The first-order valence-electron chi connectivity index (χ1n) is 8.00. The lowest BCUT2D eigenvalue weighted by Gasteiger charge is -2.42. The maximum absolute atomic E-state index is 12.8. The molecule has 6 nitrogen and oxygen atoms in total. The fraction of sp³-hybridized carbons (Fsp3) is 0.800. The smallest absolute Gasteiger partial charge is 0.298 e. The Labute approximate surface area is 143 Å². The maximum atomic E-state index is 12.8. The van der Waals surface area contributed by atoms with E-state index in [0.29, 0.717) is 26.1 Å². The van der Waals surface area contributed by atoms with Gasteiger partial charge in [-0.05, 0) is 33.6 Å². The van der Waals surface area contributed by atoms with Gasteiger partial charge in [0.1, 0.15) is 17.8 Å². The topological polar surface area (TPSA) is 78.5 Å². The number of carbonyl (C=O) groups excluding carboxylic acids is 3. The van der Waals surface area contributed by atoms with Gasteiger partial charge in [-0.1, -0.05) is 25.8 Å². The van der Waals surface area contributed by atoms with E-state index in [2.05, 4.69) is 10.5 Å². The molecule has 3 atom stereocenters. The minimum atomic E-state index is -0.738. The normalized spacial score (nSPS) is 24.3. The van der Waals surface area contributed by atoms with E-state index < -0.39 is 11.1 Å². The second-order valence-corrected chi connectivity index (χ2v) is 7.55. The fourth-order valence-electron chi connectivity index (χ4n) is 2.22. The highest BCUT2D eigenvalue weighted by Gasteiger charge is 2.41. The van der Waals surface area contributed by atoms with E-state index in [9.17, 15) is 14.4 Å². The Morgan fingerprint density at radius 2 is 2.04 bits per heavy atom. The van der Waals surface area contributed by atoms with Crippen LogP contribution in [0.3, 0.4) is 0 Å². The van der Waals surface area contributed by atoms with E-state index in [1.54, 1.807) is 6.92 Å². The molecule has 1 heterocycles. The van der Waals surface area contributed by atoms with Crippen molar-refractivity contribution in [2.45, 2.75) is 63.8 Å². The third-order valence-corrected chi connectivity index (χ3v) is 6.13. The summed E-state index contributed by atoms with van der Waals surface area (Å²) >= 11 is 1.40. The average Bonchev–Trinajstić information content (AvgIpc) is 2.58. The molecule has 1 aliphatic heterocycles. The van der Waals surface area contributed by atoms with Crippen LogP contribution in [0.4, 0.5) is 0 Å². The van der Waals surface area contributed by atoms with Crippen LogP contribution in [0.2, 0.25) is 0 Å². The predicted molar refractivity (Wildman–Crippen MR) is 94.1 cm³/mol. The maximum Gasteiger partial charge on any atom is 0.298 e. The average molecular weight is 340 g/mol. The molecule has 0 bridgehead atoms. The first-order valence-corrected chi connectivity index (χ1v) is 8.84. The number of Topliss-reactive ketones (excluding diaryl/α,β-unsaturated/α-hetero) is 1. The van der Waals surface area contributed by atoms with Crippen LogP contribution in [-0.2, 0) is 14.4 Å². The molecule has 0 aromatic carbocycles. The Hall–Kier alpha value is -0.695. The lowest BCUT2D eigenvalue weighted by molar-refractivity contribution is -0.122. The quantitative estimate of drug-likeness (QED) is 0.364. The van der Waals surface area contributed by atoms with Gasteiger partial charge < -0.3 is 20.1 Å². The number of rotatable bonds is 9. The van der Waals surface area contributed by atoms with E-state index in [1.807, 2.05) is 25.1 Å². The van der Waals surface area contributed by atoms with Crippen molar-refractivity contribution in [3.05, 3.63) is 0 Å². The van der Waals surface area contributed by atoms with Crippen LogP contribution < -0.4 is 10.5 Å². The molecule has 0 saturated carbocycles. The molecule has 0 aromatic rings. The van der Waals surface area contributed by atoms with E-state index >= 15 is 0 Å². The molecule has 23 heavy (non-hydrogen) atoms. The molecule has 129 valence electrons. The first-order chi connectivity index (χ1) is 10.7. The van der Waals surface area contributed by atoms with Gasteiger partial charge in [0.05, 0.1) is 23.0 Å². The van der Waals surface area contributed by atoms with Gasteiger partial charge in [-0.3, -0.25) is 4.79 Å². The van der Waals surface area contributed by atoms with Crippen LogP contribution in [0.25, 0.3) is 0 Å². The van der Waals surface area contributed by atoms with Crippen LogP contribution in [0.1, 0.15) is 47.5 Å². The number of aldehydes is 1. The van der Waals surface area contributed by atoms with Crippen LogP contribution in [0, 0.1) is 0 Å². The van der Waals surface area contributed by atoms with Gasteiger partial charge in [0, 0.05) is 6.54 Å². The van der Waals surface area contributed by atoms with E-state index in [4.69, 9.17) is 0 Å². The van der Waals surface area contributed by atoms with Gasteiger partial charge in [-0.2, -0.15) is 0 Å². The largest absolute Gasteiger partial charge is 0.342 e. The van der Waals surface area contributed by atoms with Gasteiger partial charge in [0.2, 0.25) is 0 Å². The Morgan fingerprint density at radius 3 is 2.52 bits per heavy atom. The van der Waals surface area contributed by atoms with Crippen LogP contribution in [0.15, 0.2) is 0 Å². The SMILES string of the molecule is CCC(C)(N[B]C(=O)C(C)(CC)N1CNCC(C=O)S1)C(C)=O. The molecule has 0 spiro atoms. The molecule has 2 N–H and O–H groups in total. The van der Waals surface area contributed by atoms with Crippen molar-refractivity contribution in [3.63, 3.8) is 0 Å². The summed E-state index contributed by atoms with van der Waals surface area (Å²) in [6, 6.07) is 0. The Bertz CT molecular complexity index is 465. The summed E-state index contributed by atoms with van der Waals surface area (Å²) < 4.78 is 1.92. The van der Waals surface area contributed by atoms with Crippen molar-refractivity contribution in [2.24, 2.45) is 0 Å². The van der Waals surface area contributed by atoms with Crippen molar-refractivity contribution in [2.75, 3.05) is 13.2 Å². The number of nitrogens with zero attached hydrogens (tertiary/aromatic N) is 1. The van der Waals surface area contributed by atoms with Crippen molar-refractivity contribution in [3.8, 4) is 0 Å². The number of carbonyl (C=O) groups is 3. The highest BCUT2D eigenvalue weighted by Crippen LogP contribution is 2.31. The van der Waals surface area contributed by atoms with Crippen LogP contribution in [-0.4, -0.2) is 59.0 Å². The second-order valence-electron chi connectivity index (χ2n) is 6.29. The Kier molecular flexibility index (Phi) is 7.45. The zero-order chi connectivity index (χ0) is 17.7. The van der Waals surface area contributed by atoms with Crippen molar-refractivity contribution < 1.29 is 14.4 Å². The standard InChI is InChI=1S/C15H27BN3O3S/c1-6-14(4,11(3)21)18-16-13(22)15(5,7-2)19-10-17-8-12(9-20)23-19/h9,12,17-18H,6-8,10H2,1-5H3. The summed E-state index contributed by atoms with van der Waals surface area (Å²) in [5.41, 5.74) is -1.57. The van der Waals surface area contributed by atoms with Crippen LogP contribution in [0.5, 0.6) is 0 Å². The predicted octanol–water partition coefficient (Wildman–Crippen LogP) is 0.727. The zero-order valence-electron chi connectivity index (χ0n) is 14.6. The van der Waals surface area contributed by atoms with E-state index in [0.717, 1.165) is 6.29 Å². The summed E-state index contributed by atoms with van der Waals surface area (Å²) in [7, 11) is 1.42. The third kappa shape index (κ3) is 4.65. The van der Waals surface area contributed by atoms with E-state index in [1.165, 1.54) is 26.3 Å². The first kappa shape index (κ1) is 20.3. The Balaban J connectivity index is 2.80. The summed E-state index contributed by atoms with van der Waals surface area (Å²) in [6.45, 7) is 10.2. The lowest BCUT2D eigenvalue weighted by Crippen LogP contribution is -2.61. The highest BCUT2D eigenvalue weighted by molar-refractivity contribution is 7.98. The minimum Gasteiger partial charge on any atom is -0.342 e. The second kappa shape index (κ2) is 8.42. The molecule has 0 aromatic heterocycles. The minimum absolute atomic E-state index is 0.00251. The molecule has 0 amide bonds. The molecule has 1 saturated heterocycles. The van der Waals surface area contributed by atoms with Crippen molar-refractivity contribution in [1.82, 2.24) is 14.8 Å². The van der Waals surface area contributed by atoms with Gasteiger partial charge >= 0.3 is 0 Å². The van der Waals surface area contributed by atoms with Crippen molar-refractivity contribution in [1.29, 1.82) is 0 Å². The molecule has 3 unspecified atom stereocenters. The number of hydrogen-bond acceptors (Lipinski definition) is 7. The van der Waals surface area contributed by atoms with E-state index in [-0.39, 0.29) is 16.7 Å².